The van der Waals surface area contributed by atoms with Gasteiger partial charge in [-0.15, -0.1) is 0 Å². The number of hydrogen-bond donors (Lipinski definition) is 1. The Hall–Kier alpha value is -1.00. The topological polar surface area (TPSA) is 28.7 Å². The third-order valence-corrected chi connectivity index (χ3v) is 3.51. The first-order chi connectivity index (χ1) is 8.11. The Balaban J connectivity index is 2.58. The average molecular weight is 309 g/mol. The number of aromatic amines is 1. The highest BCUT2D eigenvalue weighted by Crippen LogP contribution is 2.21. The average Bonchev–Trinajstić information content (AvgIpc) is 2.28. The van der Waals surface area contributed by atoms with Crippen LogP contribution in [0.15, 0.2) is 28.7 Å². The Morgan fingerprint density at radius 3 is 2.76 bits per heavy atom. The Bertz CT molecular complexity index is 605. The highest BCUT2D eigenvalue weighted by molar-refractivity contribution is 9.10. The van der Waals surface area contributed by atoms with Gasteiger partial charge in [-0.1, -0.05) is 47.2 Å². The maximum atomic E-state index is 5.32. The fourth-order valence-corrected chi connectivity index (χ4v) is 2.59. The standard InChI is InChI=1S/C13H13BrN2S/c1-3-11-8(2)15-12(16-13(11)17)9-5-4-6-10(14)7-9/h4-7H,3H2,1-2H3,(H,15,16,17). The number of hydrogen-bond acceptors (Lipinski definition) is 2. The molecule has 88 valence electrons. The molecule has 1 aromatic carbocycles. The highest BCUT2D eigenvalue weighted by atomic mass is 79.9. The number of halogens is 1. The van der Waals surface area contributed by atoms with Crippen molar-refractivity contribution >= 4 is 28.1 Å². The van der Waals surface area contributed by atoms with Crippen LogP contribution in [0.4, 0.5) is 0 Å². The fraction of sp³-hybridized carbons (Fsp3) is 0.231. The molecule has 4 heteroatoms. The summed E-state index contributed by atoms with van der Waals surface area (Å²) in [5.74, 6) is 0.825. The van der Waals surface area contributed by atoms with Gasteiger partial charge in [0.25, 0.3) is 0 Å². The van der Waals surface area contributed by atoms with Gasteiger partial charge in [0.1, 0.15) is 10.5 Å². The van der Waals surface area contributed by atoms with Crippen molar-refractivity contribution in [2.24, 2.45) is 0 Å². The molecule has 0 radical (unpaired) electrons. The minimum absolute atomic E-state index is 0.693. The molecule has 0 fully saturated rings. The second-order valence-corrected chi connectivity index (χ2v) is 5.16. The number of aromatic nitrogens is 2. The minimum atomic E-state index is 0.693. The van der Waals surface area contributed by atoms with Crippen molar-refractivity contribution in [2.75, 3.05) is 0 Å². The number of aryl methyl sites for hydroxylation is 1. The summed E-state index contributed by atoms with van der Waals surface area (Å²) in [6.07, 6.45) is 0.910. The zero-order chi connectivity index (χ0) is 12.4. The summed E-state index contributed by atoms with van der Waals surface area (Å²) in [7, 11) is 0. The lowest BCUT2D eigenvalue weighted by Crippen LogP contribution is -1.98. The SMILES string of the molecule is CCc1c(C)[nH]c(-c2cccc(Br)c2)nc1=S. The quantitative estimate of drug-likeness (QED) is 0.831. The molecule has 1 N–H and O–H groups in total. The van der Waals surface area contributed by atoms with Gasteiger partial charge < -0.3 is 4.98 Å². The van der Waals surface area contributed by atoms with Crippen molar-refractivity contribution in [3.63, 3.8) is 0 Å². The van der Waals surface area contributed by atoms with Gasteiger partial charge in [-0.05, 0) is 25.5 Å². The first-order valence-electron chi connectivity index (χ1n) is 5.47. The molecule has 0 amide bonds. The zero-order valence-electron chi connectivity index (χ0n) is 9.75. The van der Waals surface area contributed by atoms with Gasteiger partial charge in [0.15, 0.2) is 0 Å². The zero-order valence-corrected chi connectivity index (χ0v) is 12.2. The normalized spacial score (nSPS) is 10.5. The van der Waals surface area contributed by atoms with E-state index in [4.69, 9.17) is 12.2 Å². The van der Waals surface area contributed by atoms with Crippen molar-refractivity contribution in [3.05, 3.63) is 44.6 Å². The summed E-state index contributed by atoms with van der Waals surface area (Å²) in [6, 6.07) is 8.02. The van der Waals surface area contributed by atoms with Gasteiger partial charge in [0.2, 0.25) is 0 Å². The van der Waals surface area contributed by atoms with Crippen molar-refractivity contribution in [1.29, 1.82) is 0 Å². The van der Waals surface area contributed by atoms with E-state index in [1.54, 1.807) is 0 Å². The molecule has 0 bridgehead atoms. The van der Waals surface area contributed by atoms with Crippen LogP contribution in [-0.2, 0) is 6.42 Å². The largest absolute Gasteiger partial charge is 0.343 e. The second-order valence-electron chi connectivity index (χ2n) is 3.86. The molecule has 2 aromatic rings. The molecule has 0 spiro atoms. The van der Waals surface area contributed by atoms with Crippen LogP contribution in [-0.4, -0.2) is 9.97 Å². The van der Waals surface area contributed by atoms with Crippen molar-refractivity contribution < 1.29 is 0 Å². The molecule has 17 heavy (non-hydrogen) atoms. The lowest BCUT2D eigenvalue weighted by Gasteiger charge is -2.07. The van der Waals surface area contributed by atoms with E-state index in [0.717, 1.165) is 33.5 Å². The molecule has 0 atom stereocenters. The maximum Gasteiger partial charge on any atom is 0.139 e. The molecule has 0 saturated heterocycles. The molecule has 0 aliphatic heterocycles. The molecular weight excluding hydrogens is 296 g/mol. The predicted molar refractivity (Wildman–Crippen MR) is 76.7 cm³/mol. The van der Waals surface area contributed by atoms with E-state index in [-0.39, 0.29) is 0 Å². The van der Waals surface area contributed by atoms with Crippen LogP contribution in [0, 0.1) is 11.6 Å². The van der Waals surface area contributed by atoms with E-state index in [2.05, 4.69) is 32.8 Å². The number of nitrogens with zero attached hydrogens (tertiary/aromatic N) is 1. The second kappa shape index (κ2) is 5.10. The van der Waals surface area contributed by atoms with Gasteiger partial charge in [-0.25, -0.2) is 4.98 Å². The Morgan fingerprint density at radius 2 is 2.18 bits per heavy atom. The van der Waals surface area contributed by atoms with Crippen LogP contribution >= 0.6 is 28.1 Å². The van der Waals surface area contributed by atoms with Crippen LogP contribution in [0.3, 0.4) is 0 Å². The number of benzene rings is 1. The first-order valence-corrected chi connectivity index (χ1v) is 6.67. The number of H-pyrrole nitrogens is 1. The lowest BCUT2D eigenvalue weighted by molar-refractivity contribution is 0.989. The summed E-state index contributed by atoms with van der Waals surface area (Å²) in [5, 5.41) is 0. The van der Waals surface area contributed by atoms with E-state index >= 15 is 0 Å². The Kier molecular flexibility index (Phi) is 3.74. The third-order valence-electron chi connectivity index (χ3n) is 2.68. The Labute approximate surface area is 114 Å². The van der Waals surface area contributed by atoms with Gasteiger partial charge in [-0.2, -0.15) is 0 Å². The molecule has 0 aliphatic carbocycles. The summed E-state index contributed by atoms with van der Waals surface area (Å²) < 4.78 is 1.73. The molecular formula is C13H13BrN2S. The first kappa shape index (κ1) is 12.5. The summed E-state index contributed by atoms with van der Waals surface area (Å²) in [5.41, 5.74) is 3.26. The molecule has 0 unspecified atom stereocenters. The van der Waals surface area contributed by atoms with E-state index in [9.17, 15) is 0 Å². The summed E-state index contributed by atoms with van der Waals surface area (Å²) >= 11 is 8.77. The Morgan fingerprint density at radius 1 is 1.41 bits per heavy atom. The van der Waals surface area contributed by atoms with E-state index in [1.165, 1.54) is 0 Å². The summed E-state index contributed by atoms with van der Waals surface area (Å²) in [6.45, 7) is 4.13. The number of rotatable bonds is 2. The lowest BCUT2D eigenvalue weighted by atomic mass is 10.1. The molecule has 2 rings (SSSR count). The van der Waals surface area contributed by atoms with Crippen LogP contribution in [0.1, 0.15) is 18.2 Å². The molecule has 0 aliphatic rings. The van der Waals surface area contributed by atoms with Crippen LogP contribution in [0.25, 0.3) is 11.4 Å². The maximum absolute atomic E-state index is 5.32. The van der Waals surface area contributed by atoms with Crippen LogP contribution < -0.4 is 0 Å². The predicted octanol–water partition coefficient (Wildman–Crippen LogP) is 4.44. The van der Waals surface area contributed by atoms with Gasteiger partial charge in [0.05, 0.1) is 0 Å². The van der Waals surface area contributed by atoms with E-state index in [0.29, 0.717) is 4.64 Å². The van der Waals surface area contributed by atoms with Crippen molar-refractivity contribution in [2.45, 2.75) is 20.3 Å². The van der Waals surface area contributed by atoms with Crippen molar-refractivity contribution in [1.82, 2.24) is 9.97 Å². The fourth-order valence-electron chi connectivity index (χ4n) is 1.80. The van der Waals surface area contributed by atoms with Crippen LogP contribution in [0.5, 0.6) is 0 Å². The van der Waals surface area contributed by atoms with Gasteiger partial charge in [0, 0.05) is 21.3 Å². The highest BCUT2D eigenvalue weighted by Gasteiger charge is 2.05. The summed E-state index contributed by atoms with van der Waals surface area (Å²) in [4.78, 5) is 7.77. The monoisotopic (exact) mass is 308 g/mol. The third kappa shape index (κ3) is 2.64. The molecule has 0 saturated carbocycles. The van der Waals surface area contributed by atoms with Gasteiger partial charge in [-0.3, -0.25) is 0 Å². The van der Waals surface area contributed by atoms with E-state index in [1.807, 2.05) is 31.2 Å². The van der Waals surface area contributed by atoms with Crippen LogP contribution in [0.2, 0.25) is 0 Å². The van der Waals surface area contributed by atoms with Gasteiger partial charge >= 0.3 is 0 Å². The molecule has 1 heterocycles. The van der Waals surface area contributed by atoms with E-state index < -0.39 is 0 Å². The number of nitrogens with one attached hydrogen (secondary N) is 1. The minimum Gasteiger partial charge on any atom is -0.343 e. The molecule has 2 nitrogen and oxygen atoms in total. The smallest absolute Gasteiger partial charge is 0.139 e. The molecule has 1 aromatic heterocycles. The van der Waals surface area contributed by atoms with Crippen molar-refractivity contribution in [3.8, 4) is 11.4 Å².